The number of rotatable bonds is 1. The molecule has 3 nitrogen and oxygen atoms in total. The van der Waals surface area contributed by atoms with Crippen molar-refractivity contribution in [2.75, 3.05) is 6.54 Å². The molecule has 1 aliphatic heterocycles. The van der Waals surface area contributed by atoms with Gasteiger partial charge < -0.3 is 9.88 Å². The van der Waals surface area contributed by atoms with E-state index in [-0.39, 0.29) is 5.82 Å². The lowest BCUT2D eigenvalue weighted by molar-refractivity contribution is 0.629. The van der Waals surface area contributed by atoms with E-state index in [1.165, 1.54) is 23.3 Å². The van der Waals surface area contributed by atoms with Crippen molar-refractivity contribution >= 4 is 11.0 Å². The molecule has 0 saturated heterocycles. The van der Waals surface area contributed by atoms with Gasteiger partial charge >= 0.3 is 0 Å². The Bertz CT molecular complexity index is 835. The molecule has 21 heavy (non-hydrogen) atoms. The Balaban J connectivity index is 1.97. The first-order valence-electron chi connectivity index (χ1n) is 7.18. The summed E-state index contributed by atoms with van der Waals surface area (Å²) in [5.41, 5.74) is 5.51. The third-order valence-corrected chi connectivity index (χ3v) is 4.22. The van der Waals surface area contributed by atoms with Crippen LogP contribution < -0.4 is 5.32 Å². The summed E-state index contributed by atoms with van der Waals surface area (Å²) in [5, 5.41) is 3.39. The number of fused-ring (bicyclic) bond motifs is 2. The number of aromatic nitrogens is 2. The van der Waals surface area contributed by atoms with Gasteiger partial charge in [-0.15, -0.1) is 0 Å². The van der Waals surface area contributed by atoms with Gasteiger partial charge in [-0.25, -0.2) is 9.37 Å². The van der Waals surface area contributed by atoms with Gasteiger partial charge in [-0.05, 0) is 36.2 Å². The minimum absolute atomic E-state index is 0.244. The molecule has 106 valence electrons. The molecule has 0 fully saturated rings. The van der Waals surface area contributed by atoms with Gasteiger partial charge in [-0.1, -0.05) is 18.2 Å². The van der Waals surface area contributed by atoms with E-state index < -0.39 is 0 Å². The van der Waals surface area contributed by atoms with Crippen LogP contribution in [-0.2, 0) is 20.0 Å². The highest BCUT2D eigenvalue weighted by Crippen LogP contribution is 2.30. The first kappa shape index (κ1) is 12.5. The molecule has 0 unspecified atom stereocenters. The first-order valence-corrected chi connectivity index (χ1v) is 7.18. The van der Waals surface area contributed by atoms with Crippen molar-refractivity contribution in [3.8, 4) is 11.4 Å². The van der Waals surface area contributed by atoms with Crippen molar-refractivity contribution in [1.82, 2.24) is 14.9 Å². The average Bonchev–Trinajstić information content (AvgIpc) is 2.83. The molecule has 4 heteroatoms. The van der Waals surface area contributed by atoms with Gasteiger partial charge in [0.15, 0.2) is 0 Å². The van der Waals surface area contributed by atoms with Crippen LogP contribution in [0.1, 0.15) is 11.1 Å². The number of nitrogens with one attached hydrogen (secondary N) is 1. The number of nitrogens with zero attached hydrogens (tertiary/aromatic N) is 2. The molecule has 0 radical (unpaired) electrons. The van der Waals surface area contributed by atoms with Crippen molar-refractivity contribution in [2.45, 2.75) is 13.0 Å². The Labute approximate surface area is 122 Å². The topological polar surface area (TPSA) is 29.9 Å². The average molecular weight is 281 g/mol. The van der Waals surface area contributed by atoms with Gasteiger partial charge in [0.2, 0.25) is 0 Å². The minimum atomic E-state index is -0.244. The fourth-order valence-electron chi connectivity index (χ4n) is 3.16. The smallest absolute Gasteiger partial charge is 0.141 e. The van der Waals surface area contributed by atoms with Gasteiger partial charge in [0.1, 0.15) is 11.6 Å². The molecule has 0 atom stereocenters. The van der Waals surface area contributed by atoms with Crippen LogP contribution in [-0.4, -0.2) is 16.1 Å². The molecule has 0 saturated carbocycles. The lowest BCUT2D eigenvalue weighted by Crippen LogP contribution is -2.24. The fraction of sp³-hybridized carbons (Fsp3) is 0.235. The van der Waals surface area contributed by atoms with Crippen LogP contribution in [0.4, 0.5) is 4.39 Å². The predicted octanol–water partition coefficient (Wildman–Crippen LogP) is 3.03. The van der Waals surface area contributed by atoms with E-state index in [4.69, 9.17) is 0 Å². The zero-order valence-electron chi connectivity index (χ0n) is 11.9. The van der Waals surface area contributed by atoms with Crippen LogP contribution >= 0.6 is 0 Å². The van der Waals surface area contributed by atoms with Crippen molar-refractivity contribution in [2.24, 2.45) is 7.05 Å². The monoisotopic (exact) mass is 281 g/mol. The zero-order valence-corrected chi connectivity index (χ0v) is 11.9. The molecule has 0 aliphatic carbocycles. The van der Waals surface area contributed by atoms with E-state index in [1.807, 2.05) is 11.6 Å². The van der Waals surface area contributed by atoms with Crippen LogP contribution in [0.5, 0.6) is 0 Å². The summed E-state index contributed by atoms with van der Waals surface area (Å²) >= 11 is 0. The van der Waals surface area contributed by atoms with Crippen LogP contribution in [0.25, 0.3) is 22.4 Å². The minimum Gasteiger partial charge on any atom is -0.327 e. The van der Waals surface area contributed by atoms with Gasteiger partial charge in [-0.3, -0.25) is 0 Å². The highest BCUT2D eigenvalue weighted by molar-refractivity contribution is 5.81. The Morgan fingerprint density at radius 1 is 1.24 bits per heavy atom. The second-order valence-corrected chi connectivity index (χ2v) is 5.50. The van der Waals surface area contributed by atoms with Gasteiger partial charge in [0.25, 0.3) is 0 Å². The molecular formula is C17H16FN3. The van der Waals surface area contributed by atoms with E-state index in [9.17, 15) is 4.39 Å². The third-order valence-electron chi connectivity index (χ3n) is 4.22. The molecule has 1 aliphatic rings. The maximum atomic E-state index is 13.4. The van der Waals surface area contributed by atoms with E-state index >= 15 is 0 Å². The summed E-state index contributed by atoms with van der Waals surface area (Å²) in [6, 6.07) is 11.1. The summed E-state index contributed by atoms with van der Waals surface area (Å²) in [7, 11) is 1.99. The number of hydrogen-bond acceptors (Lipinski definition) is 2. The summed E-state index contributed by atoms with van der Waals surface area (Å²) < 4.78 is 15.4. The van der Waals surface area contributed by atoms with Gasteiger partial charge in [-0.2, -0.15) is 0 Å². The number of benzene rings is 2. The van der Waals surface area contributed by atoms with Crippen LogP contribution in [0.3, 0.4) is 0 Å². The largest absolute Gasteiger partial charge is 0.327 e. The molecule has 0 spiro atoms. The second kappa shape index (κ2) is 4.67. The summed E-state index contributed by atoms with van der Waals surface area (Å²) in [5.74, 6) is 0.667. The number of halogens is 1. The molecule has 1 N–H and O–H groups in total. The summed E-state index contributed by atoms with van der Waals surface area (Å²) in [4.78, 5) is 4.65. The van der Waals surface area contributed by atoms with Crippen molar-refractivity contribution in [1.29, 1.82) is 0 Å². The normalized spacial score (nSPS) is 14.4. The number of imidazole rings is 1. The third kappa shape index (κ3) is 1.94. The first-order chi connectivity index (χ1) is 10.2. The van der Waals surface area contributed by atoms with Gasteiger partial charge in [0.05, 0.1) is 11.0 Å². The van der Waals surface area contributed by atoms with Crippen molar-refractivity contribution in [3.63, 3.8) is 0 Å². The molecule has 1 aromatic heterocycles. The molecule has 3 aromatic rings. The predicted molar refractivity (Wildman–Crippen MR) is 81.5 cm³/mol. The highest BCUT2D eigenvalue weighted by atomic mass is 19.1. The summed E-state index contributed by atoms with van der Waals surface area (Å²) in [6.07, 6.45) is 1.00. The second-order valence-electron chi connectivity index (χ2n) is 5.50. The molecule has 0 amide bonds. The molecule has 0 bridgehead atoms. The van der Waals surface area contributed by atoms with Crippen LogP contribution in [0, 0.1) is 5.82 Å². The Morgan fingerprint density at radius 3 is 3.05 bits per heavy atom. The van der Waals surface area contributed by atoms with Crippen molar-refractivity contribution < 1.29 is 4.39 Å². The summed E-state index contributed by atoms with van der Waals surface area (Å²) in [6.45, 7) is 1.89. The Kier molecular flexibility index (Phi) is 2.79. The number of aryl methyl sites for hydroxylation is 1. The zero-order chi connectivity index (χ0) is 14.4. The molecule has 2 heterocycles. The SMILES string of the molecule is Cn1c(-c2cccc3c2CCNC3)nc2cc(F)ccc21. The highest BCUT2D eigenvalue weighted by Gasteiger charge is 2.17. The standard InChI is InChI=1S/C17H16FN3/c1-21-16-6-5-12(18)9-15(16)20-17(21)14-4-2-3-11-10-19-8-7-13(11)14/h2-6,9,19H,7-8,10H2,1H3. The molecular weight excluding hydrogens is 265 g/mol. The lowest BCUT2D eigenvalue weighted by Gasteiger charge is -2.20. The quantitative estimate of drug-likeness (QED) is 0.743. The van der Waals surface area contributed by atoms with Crippen LogP contribution in [0.15, 0.2) is 36.4 Å². The van der Waals surface area contributed by atoms with Gasteiger partial charge in [0, 0.05) is 25.2 Å². The van der Waals surface area contributed by atoms with E-state index in [1.54, 1.807) is 6.07 Å². The maximum Gasteiger partial charge on any atom is 0.141 e. The van der Waals surface area contributed by atoms with E-state index in [0.717, 1.165) is 36.4 Å². The fourth-order valence-corrected chi connectivity index (χ4v) is 3.16. The van der Waals surface area contributed by atoms with Crippen LogP contribution in [0.2, 0.25) is 0 Å². The van der Waals surface area contributed by atoms with Crippen molar-refractivity contribution in [3.05, 3.63) is 53.3 Å². The number of hydrogen-bond donors (Lipinski definition) is 1. The molecule has 4 rings (SSSR count). The molecule has 2 aromatic carbocycles. The maximum absolute atomic E-state index is 13.4. The van der Waals surface area contributed by atoms with E-state index in [0.29, 0.717) is 5.52 Å². The Morgan fingerprint density at radius 2 is 2.14 bits per heavy atom. The van der Waals surface area contributed by atoms with E-state index in [2.05, 4.69) is 28.5 Å². The lowest BCUT2D eigenvalue weighted by atomic mass is 9.95. The Hall–Kier alpha value is -2.20.